The molecule has 0 spiro atoms. The first-order valence-electron chi connectivity index (χ1n) is 8.61. The maximum atomic E-state index is 13.0. The summed E-state index contributed by atoms with van der Waals surface area (Å²) in [6.45, 7) is 0. The molecule has 0 unspecified atom stereocenters. The van der Waals surface area contributed by atoms with Crippen molar-refractivity contribution in [1.82, 2.24) is 10.2 Å². The van der Waals surface area contributed by atoms with E-state index in [2.05, 4.69) is 20.8 Å². The van der Waals surface area contributed by atoms with E-state index in [1.807, 2.05) is 0 Å². The SMILES string of the molecule is O=C(Nc1ccc2[nH]nc(NC(=O)c3ccc(F)cc3)c2c1)c1ccc(F)cc1. The molecule has 0 bridgehead atoms. The molecule has 0 fully saturated rings. The van der Waals surface area contributed by atoms with Crippen LogP contribution in [0.15, 0.2) is 66.7 Å². The minimum atomic E-state index is -0.445. The highest BCUT2D eigenvalue weighted by Crippen LogP contribution is 2.25. The third-order valence-electron chi connectivity index (χ3n) is 4.27. The maximum Gasteiger partial charge on any atom is 0.256 e. The molecule has 2 amide bonds. The maximum absolute atomic E-state index is 13.0. The molecule has 0 radical (unpaired) electrons. The summed E-state index contributed by atoms with van der Waals surface area (Å²) in [6, 6.07) is 15.3. The molecule has 0 aliphatic carbocycles. The number of rotatable bonds is 4. The summed E-state index contributed by atoms with van der Waals surface area (Å²) in [7, 11) is 0. The van der Waals surface area contributed by atoms with Crippen LogP contribution in [0.25, 0.3) is 10.9 Å². The monoisotopic (exact) mass is 392 g/mol. The zero-order valence-electron chi connectivity index (χ0n) is 14.9. The topological polar surface area (TPSA) is 86.9 Å². The molecule has 0 atom stereocenters. The largest absolute Gasteiger partial charge is 0.322 e. The Morgan fingerprint density at radius 1 is 0.759 bits per heavy atom. The lowest BCUT2D eigenvalue weighted by Crippen LogP contribution is -2.13. The highest BCUT2D eigenvalue weighted by Gasteiger charge is 2.13. The fraction of sp³-hybridized carbons (Fsp3) is 0. The van der Waals surface area contributed by atoms with Gasteiger partial charge in [0.15, 0.2) is 5.82 Å². The quantitative estimate of drug-likeness (QED) is 0.483. The van der Waals surface area contributed by atoms with E-state index in [4.69, 9.17) is 0 Å². The van der Waals surface area contributed by atoms with Crippen molar-refractivity contribution in [3.63, 3.8) is 0 Å². The van der Waals surface area contributed by atoms with Crippen molar-refractivity contribution in [1.29, 1.82) is 0 Å². The van der Waals surface area contributed by atoms with Crippen LogP contribution in [0.4, 0.5) is 20.3 Å². The second-order valence-electron chi connectivity index (χ2n) is 6.25. The Bertz CT molecular complexity index is 1200. The zero-order valence-corrected chi connectivity index (χ0v) is 14.9. The molecule has 29 heavy (non-hydrogen) atoms. The van der Waals surface area contributed by atoms with Crippen LogP contribution in [0.5, 0.6) is 0 Å². The van der Waals surface area contributed by atoms with Gasteiger partial charge in [-0.2, -0.15) is 5.10 Å². The number of fused-ring (bicyclic) bond motifs is 1. The highest BCUT2D eigenvalue weighted by atomic mass is 19.1. The van der Waals surface area contributed by atoms with Gasteiger partial charge in [-0.25, -0.2) is 8.78 Å². The molecular weight excluding hydrogens is 378 g/mol. The molecule has 0 saturated carbocycles. The average molecular weight is 392 g/mol. The number of hydrogen-bond acceptors (Lipinski definition) is 3. The second-order valence-corrected chi connectivity index (χ2v) is 6.25. The van der Waals surface area contributed by atoms with Gasteiger partial charge in [0, 0.05) is 22.2 Å². The molecule has 0 saturated heterocycles. The predicted molar refractivity (Wildman–Crippen MR) is 105 cm³/mol. The second kappa shape index (κ2) is 7.51. The van der Waals surface area contributed by atoms with E-state index in [-0.39, 0.29) is 11.4 Å². The summed E-state index contributed by atoms with van der Waals surface area (Å²) in [6.07, 6.45) is 0. The number of amides is 2. The lowest BCUT2D eigenvalue weighted by Gasteiger charge is -2.06. The van der Waals surface area contributed by atoms with Gasteiger partial charge in [-0.15, -0.1) is 0 Å². The molecule has 4 aromatic rings. The number of anilines is 2. The van der Waals surface area contributed by atoms with E-state index in [1.165, 1.54) is 48.5 Å². The van der Waals surface area contributed by atoms with Crippen LogP contribution in [-0.2, 0) is 0 Å². The van der Waals surface area contributed by atoms with Crippen molar-refractivity contribution < 1.29 is 18.4 Å². The van der Waals surface area contributed by atoms with Crippen molar-refractivity contribution in [2.75, 3.05) is 10.6 Å². The Hall–Kier alpha value is -4.07. The number of nitrogens with one attached hydrogen (secondary N) is 3. The van der Waals surface area contributed by atoms with Gasteiger partial charge >= 0.3 is 0 Å². The van der Waals surface area contributed by atoms with Crippen molar-refractivity contribution in [3.8, 4) is 0 Å². The van der Waals surface area contributed by atoms with Crippen LogP contribution in [-0.4, -0.2) is 22.0 Å². The average Bonchev–Trinajstić information content (AvgIpc) is 3.11. The van der Waals surface area contributed by atoms with E-state index in [0.717, 1.165) is 0 Å². The highest BCUT2D eigenvalue weighted by molar-refractivity contribution is 6.09. The van der Waals surface area contributed by atoms with Crippen molar-refractivity contribution >= 4 is 34.2 Å². The minimum Gasteiger partial charge on any atom is -0.322 e. The van der Waals surface area contributed by atoms with E-state index in [9.17, 15) is 18.4 Å². The zero-order chi connectivity index (χ0) is 20.4. The number of benzene rings is 3. The van der Waals surface area contributed by atoms with Crippen molar-refractivity contribution in [2.24, 2.45) is 0 Å². The van der Waals surface area contributed by atoms with E-state index in [1.54, 1.807) is 18.2 Å². The van der Waals surface area contributed by atoms with Gasteiger partial charge in [0.05, 0.1) is 5.52 Å². The van der Waals surface area contributed by atoms with Crippen LogP contribution in [0.3, 0.4) is 0 Å². The van der Waals surface area contributed by atoms with Crippen LogP contribution in [0.2, 0.25) is 0 Å². The lowest BCUT2D eigenvalue weighted by molar-refractivity contribution is 0.101. The third kappa shape index (κ3) is 3.96. The molecule has 0 aliphatic heterocycles. The standard InChI is InChI=1S/C21H14F2N4O2/c22-14-5-1-12(2-6-14)20(28)24-16-9-10-18-17(11-16)19(27-26-18)25-21(29)13-3-7-15(23)8-4-13/h1-11H,(H,24,28)(H2,25,26,27,29). The summed E-state index contributed by atoms with van der Waals surface area (Å²) in [4.78, 5) is 24.7. The van der Waals surface area contributed by atoms with E-state index in [0.29, 0.717) is 22.2 Å². The summed E-state index contributed by atoms with van der Waals surface area (Å²) in [5.41, 5.74) is 1.72. The Morgan fingerprint density at radius 3 is 1.90 bits per heavy atom. The molecule has 4 rings (SSSR count). The number of hydrogen-bond donors (Lipinski definition) is 3. The van der Waals surface area contributed by atoms with Gasteiger partial charge in [0.1, 0.15) is 11.6 Å². The van der Waals surface area contributed by atoms with Gasteiger partial charge in [0.25, 0.3) is 11.8 Å². The number of carbonyl (C=O) groups excluding carboxylic acids is 2. The molecule has 3 N–H and O–H groups in total. The van der Waals surface area contributed by atoms with Gasteiger partial charge in [-0.05, 0) is 66.7 Å². The van der Waals surface area contributed by atoms with Crippen LogP contribution < -0.4 is 10.6 Å². The van der Waals surface area contributed by atoms with Gasteiger partial charge in [-0.3, -0.25) is 14.7 Å². The third-order valence-corrected chi connectivity index (χ3v) is 4.27. The van der Waals surface area contributed by atoms with Crippen molar-refractivity contribution in [3.05, 3.63) is 89.5 Å². The Kier molecular flexibility index (Phi) is 4.74. The summed E-state index contributed by atoms with van der Waals surface area (Å²) in [5, 5.41) is 12.8. The fourth-order valence-electron chi connectivity index (χ4n) is 2.77. The molecule has 0 aliphatic rings. The Labute approximate surface area is 163 Å². The van der Waals surface area contributed by atoms with Crippen LogP contribution >= 0.6 is 0 Å². The smallest absolute Gasteiger partial charge is 0.256 e. The number of H-pyrrole nitrogens is 1. The predicted octanol–water partition coefficient (Wildman–Crippen LogP) is 4.35. The molecule has 1 aromatic heterocycles. The van der Waals surface area contributed by atoms with Gasteiger partial charge in [0.2, 0.25) is 0 Å². The van der Waals surface area contributed by atoms with Crippen LogP contribution in [0, 0.1) is 11.6 Å². The summed E-state index contributed by atoms with van der Waals surface area (Å²) in [5.74, 6) is -1.44. The molecule has 8 heteroatoms. The van der Waals surface area contributed by atoms with Crippen molar-refractivity contribution in [2.45, 2.75) is 0 Å². The molecule has 1 heterocycles. The van der Waals surface area contributed by atoms with E-state index < -0.39 is 23.4 Å². The number of carbonyl (C=O) groups is 2. The molecular formula is C21H14F2N4O2. The van der Waals surface area contributed by atoms with E-state index >= 15 is 0 Å². The first-order chi connectivity index (χ1) is 14.0. The van der Waals surface area contributed by atoms with Gasteiger partial charge < -0.3 is 10.6 Å². The first-order valence-corrected chi connectivity index (χ1v) is 8.61. The lowest BCUT2D eigenvalue weighted by atomic mass is 10.1. The molecule has 6 nitrogen and oxygen atoms in total. The minimum absolute atomic E-state index is 0.271. The van der Waals surface area contributed by atoms with Crippen LogP contribution in [0.1, 0.15) is 20.7 Å². The molecule has 3 aromatic carbocycles. The Morgan fingerprint density at radius 2 is 1.31 bits per heavy atom. The normalized spacial score (nSPS) is 10.7. The first kappa shape index (κ1) is 18.3. The Balaban J connectivity index is 1.55. The number of halogens is 2. The number of nitrogens with zero attached hydrogens (tertiary/aromatic N) is 1. The summed E-state index contributed by atoms with van der Waals surface area (Å²) >= 11 is 0. The fourth-order valence-corrected chi connectivity index (χ4v) is 2.77. The summed E-state index contributed by atoms with van der Waals surface area (Å²) < 4.78 is 26.0. The molecule has 144 valence electrons. The van der Waals surface area contributed by atoms with Gasteiger partial charge in [-0.1, -0.05) is 0 Å². The number of aromatic amines is 1. The number of aromatic nitrogens is 2.